The fraction of sp³-hybridized carbons (Fsp3) is 0.625. The van der Waals surface area contributed by atoms with Crippen molar-refractivity contribution in [2.24, 2.45) is 5.14 Å². The topological polar surface area (TPSA) is 132 Å². The van der Waals surface area contributed by atoms with E-state index < -0.39 is 10.0 Å². The summed E-state index contributed by atoms with van der Waals surface area (Å²) in [6.45, 7) is 0.382. The second-order valence-corrected chi connectivity index (χ2v) is 5.10. The maximum atomic E-state index is 10.7. The zero-order valence-corrected chi connectivity index (χ0v) is 11.0. The molecule has 1 aromatic rings. The third-order valence-electron chi connectivity index (χ3n) is 1.91. The molecule has 0 aliphatic heterocycles. The minimum atomic E-state index is -3.43. The summed E-state index contributed by atoms with van der Waals surface area (Å²) < 4.78 is 26.3. The summed E-state index contributed by atoms with van der Waals surface area (Å²) in [7, 11) is -0.324. The zero-order chi connectivity index (χ0) is 13.6. The van der Waals surface area contributed by atoms with E-state index >= 15 is 0 Å². The summed E-state index contributed by atoms with van der Waals surface area (Å²) in [6, 6.07) is 0.170. The first-order valence-corrected chi connectivity index (χ1v) is 6.88. The highest BCUT2D eigenvalue weighted by atomic mass is 32.2. The lowest BCUT2D eigenvalue weighted by atomic mass is 10.5. The third kappa shape index (κ3) is 5.10. The van der Waals surface area contributed by atoms with Gasteiger partial charge >= 0.3 is 6.01 Å². The molecule has 102 valence electrons. The molecule has 1 heterocycles. The lowest BCUT2D eigenvalue weighted by Gasteiger charge is -2.07. The van der Waals surface area contributed by atoms with Crippen LogP contribution in [-0.2, 0) is 10.0 Å². The van der Waals surface area contributed by atoms with E-state index in [0.717, 1.165) is 0 Å². The molecule has 1 rings (SSSR count). The quantitative estimate of drug-likeness (QED) is 0.541. The number of methoxy groups -OCH3 is 1. The maximum Gasteiger partial charge on any atom is 0.322 e. The van der Waals surface area contributed by atoms with Gasteiger partial charge in [0.25, 0.3) is 0 Å². The summed E-state index contributed by atoms with van der Waals surface area (Å²) in [5, 5.41) is 10.5. The number of rotatable bonds is 7. The molecule has 9 nitrogen and oxygen atoms in total. The SMILES string of the molecule is CNc1nc(NCCCS(N)(=O)=O)nc(OC)n1. The third-order valence-corrected chi connectivity index (χ3v) is 2.77. The Hall–Kier alpha value is -1.68. The molecular formula is C8H16N6O3S. The number of aromatic nitrogens is 3. The summed E-state index contributed by atoms with van der Waals surface area (Å²) >= 11 is 0. The van der Waals surface area contributed by atoms with Crippen molar-refractivity contribution in [1.29, 1.82) is 0 Å². The van der Waals surface area contributed by atoms with Gasteiger partial charge in [0, 0.05) is 13.6 Å². The molecule has 0 aliphatic carbocycles. The minimum Gasteiger partial charge on any atom is -0.467 e. The standard InChI is InChI=1S/C8H16N6O3S/c1-10-6-12-7(14-8(13-6)17-2)11-4-3-5-18(9,15)16/h3-5H2,1-2H3,(H2,9,15,16)(H2,10,11,12,13,14). The molecule has 0 spiro atoms. The number of anilines is 2. The van der Waals surface area contributed by atoms with Crippen LogP contribution in [0.1, 0.15) is 6.42 Å². The average Bonchev–Trinajstić information content (AvgIpc) is 2.33. The van der Waals surface area contributed by atoms with E-state index in [2.05, 4.69) is 25.6 Å². The Kier molecular flexibility index (Phi) is 5.04. The minimum absolute atomic E-state index is 0.0961. The molecule has 4 N–H and O–H groups in total. The van der Waals surface area contributed by atoms with Crippen LogP contribution < -0.4 is 20.5 Å². The highest BCUT2D eigenvalue weighted by Gasteiger charge is 2.06. The highest BCUT2D eigenvalue weighted by molar-refractivity contribution is 7.89. The number of nitrogens with zero attached hydrogens (tertiary/aromatic N) is 3. The van der Waals surface area contributed by atoms with E-state index in [1.54, 1.807) is 7.05 Å². The Morgan fingerprint density at radius 2 is 1.94 bits per heavy atom. The van der Waals surface area contributed by atoms with Gasteiger partial charge in [-0.2, -0.15) is 15.0 Å². The van der Waals surface area contributed by atoms with Gasteiger partial charge in [-0.15, -0.1) is 0 Å². The number of nitrogens with one attached hydrogen (secondary N) is 2. The van der Waals surface area contributed by atoms with E-state index in [1.807, 2.05) is 0 Å². The molecule has 0 unspecified atom stereocenters. The molecular weight excluding hydrogens is 260 g/mol. The number of nitrogens with two attached hydrogens (primary N) is 1. The Bertz CT molecular complexity index is 469. The Morgan fingerprint density at radius 3 is 2.50 bits per heavy atom. The van der Waals surface area contributed by atoms with Crippen LogP contribution in [0.15, 0.2) is 0 Å². The largest absolute Gasteiger partial charge is 0.467 e. The smallest absolute Gasteiger partial charge is 0.322 e. The molecule has 0 amide bonds. The molecule has 10 heteroatoms. The molecule has 18 heavy (non-hydrogen) atoms. The number of sulfonamides is 1. The van der Waals surface area contributed by atoms with Gasteiger partial charge in [-0.05, 0) is 6.42 Å². The van der Waals surface area contributed by atoms with Gasteiger partial charge in [0.2, 0.25) is 21.9 Å². The van der Waals surface area contributed by atoms with E-state index in [9.17, 15) is 8.42 Å². The first kappa shape index (κ1) is 14.4. The van der Waals surface area contributed by atoms with Crippen LogP contribution in [0.25, 0.3) is 0 Å². The Balaban J connectivity index is 2.56. The normalized spacial score (nSPS) is 11.1. The van der Waals surface area contributed by atoms with Crippen molar-refractivity contribution in [1.82, 2.24) is 15.0 Å². The van der Waals surface area contributed by atoms with Crippen molar-refractivity contribution < 1.29 is 13.2 Å². The Morgan fingerprint density at radius 1 is 1.28 bits per heavy atom. The summed E-state index contributed by atoms with van der Waals surface area (Å²) in [5.74, 6) is 0.567. The lowest BCUT2D eigenvalue weighted by molar-refractivity contribution is 0.379. The molecule has 0 fully saturated rings. The number of hydrogen-bond acceptors (Lipinski definition) is 8. The van der Waals surface area contributed by atoms with Crippen molar-refractivity contribution >= 4 is 21.9 Å². The van der Waals surface area contributed by atoms with Crippen molar-refractivity contribution in [3.05, 3.63) is 0 Å². The van der Waals surface area contributed by atoms with Crippen LogP contribution in [-0.4, -0.2) is 49.8 Å². The van der Waals surface area contributed by atoms with Gasteiger partial charge in [-0.1, -0.05) is 0 Å². The monoisotopic (exact) mass is 276 g/mol. The van der Waals surface area contributed by atoms with Gasteiger partial charge in [0.15, 0.2) is 0 Å². The van der Waals surface area contributed by atoms with Crippen LogP contribution in [0.2, 0.25) is 0 Å². The van der Waals surface area contributed by atoms with E-state index in [1.165, 1.54) is 7.11 Å². The van der Waals surface area contributed by atoms with E-state index in [4.69, 9.17) is 9.88 Å². The maximum absolute atomic E-state index is 10.7. The summed E-state index contributed by atoms with van der Waals surface area (Å²) in [4.78, 5) is 11.9. The van der Waals surface area contributed by atoms with Crippen molar-refractivity contribution in [2.75, 3.05) is 37.1 Å². The molecule has 0 saturated carbocycles. The second-order valence-electron chi connectivity index (χ2n) is 3.37. The van der Waals surface area contributed by atoms with E-state index in [0.29, 0.717) is 24.9 Å². The van der Waals surface area contributed by atoms with E-state index in [-0.39, 0.29) is 11.8 Å². The van der Waals surface area contributed by atoms with Gasteiger partial charge in [0.1, 0.15) is 0 Å². The molecule has 0 atom stereocenters. The number of primary sulfonamides is 1. The highest BCUT2D eigenvalue weighted by Crippen LogP contribution is 2.09. The van der Waals surface area contributed by atoms with Gasteiger partial charge in [0.05, 0.1) is 12.9 Å². The predicted molar refractivity (Wildman–Crippen MR) is 67.0 cm³/mol. The Labute approximate surface area is 105 Å². The second kappa shape index (κ2) is 6.31. The summed E-state index contributed by atoms with van der Waals surface area (Å²) in [5.41, 5.74) is 0. The van der Waals surface area contributed by atoms with Gasteiger partial charge in [-0.25, -0.2) is 13.6 Å². The fourth-order valence-corrected chi connectivity index (χ4v) is 1.66. The van der Waals surface area contributed by atoms with Crippen LogP contribution in [0, 0.1) is 0 Å². The summed E-state index contributed by atoms with van der Waals surface area (Å²) in [6.07, 6.45) is 0.363. The number of hydrogen-bond donors (Lipinski definition) is 3. The van der Waals surface area contributed by atoms with Gasteiger partial charge in [-0.3, -0.25) is 0 Å². The fourth-order valence-electron chi connectivity index (χ4n) is 1.11. The van der Waals surface area contributed by atoms with Crippen LogP contribution in [0.4, 0.5) is 11.9 Å². The van der Waals surface area contributed by atoms with Crippen molar-refractivity contribution in [3.8, 4) is 6.01 Å². The zero-order valence-electron chi connectivity index (χ0n) is 10.2. The molecule has 0 radical (unpaired) electrons. The van der Waals surface area contributed by atoms with Gasteiger partial charge < -0.3 is 15.4 Å². The van der Waals surface area contributed by atoms with Crippen LogP contribution >= 0.6 is 0 Å². The molecule has 0 bridgehead atoms. The first-order chi connectivity index (χ1) is 8.44. The van der Waals surface area contributed by atoms with Crippen molar-refractivity contribution in [2.45, 2.75) is 6.42 Å². The average molecular weight is 276 g/mol. The predicted octanol–water partition coefficient (Wildman–Crippen LogP) is -0.988. The number of ether oxygens (including phenoxy) is 1. The van der Waals surface area contributed by atoms with Crippen LogP contribution in [0.3, 0.4) is 0 Å². The molecule has 0 aliphatic rings. The molecule has 0 aromatic carbocycles. The van der Waals surface area contributed by atoms with Crippen molar-refractivity contribution in [3.63, 3.8) is 0 Å². The first-order valence-electron chi connectivity index (χ1n) is 5.17. The molecule has 0 saturated heterocycles. The van der Waals surface area contributed by atoms with Crippen LogP contribution in [0.5, 0.6) is 6.01 Å². The lowest BCUT2D eigenvalue weighted by Crippen LogP contribution is -2.19. The molecule has 1 aromatic heterocycles.